The minimum Gasteiger partial charge on any atom is -0.447 e. The average Bonchev–Trinajstić information content (AvgIpc) is 2.69. The van der Waals surface area contributed by atoms with Crippen LogP contribution in [0.25, 0.3) is 0 Å². The van der Waals surface area contributed by atoms with Crippen LogP contribution < -0.4 is 0 Å². The maximum absolute atomic E-state index is 14.2. The Balaban J connectivity index is 1.69. The summed E-state index contributed by atoms with van der Waals surface area (Å²) in [6.45, 7) is 8.22. The van der Waals surface area contributed by atoms with Crippen LogP contribution in [0.3, 0.4) is 0 Å². The zero-order chi connectivity index (χ0) is 17.7. The molecule has 3 fully saturated rings. The molecule has 0 aromatic heterocycles. The van der Waals surface area contributed by atoms with E-state index in [4.69, 9.17) is 4.52 Å². The lowest BCUT2D eigenvalue weighted by atomic mass is 9.81. The molecule has 2 nitrogen and oxygen atoms in total. The first-order chi connectivity index (χ1) is 12.1. The molecular weight excluding hydrogens is 327 g/mol. The van der Waals surface area contributed by atoms with Gasteiger partial charge in [-0.3, -0.25) is 4.57 Å². The Bertz CT molecular complexity index is 470. The predicted molar refractivity (Wildman–Crippen MR) is 107 cm³/mol. The number of rotatable bonds is 6. The van der Waals surface area contributed by atoms with E-state index in [9.17, 15) is 4.57 Å². The first-order valence-electron chi connectivity index (χ1n) is 10.7. The van der Waals surface area contributed by atoms with Crippen LogP contribution in [0.2, 0.25) is 0 Å². The minimum absolute atomic E-state index is 0.297. The molecule has 0 unspecified atom stereocenters. The Morgan fingerprint density at radius 2 is 1.28 bits per heavy atom. The van der Waals surface area contributed by atoms with Crippen molar-refractivity contribution in [3.63, 3.8) is 0 Å². The molecule has 0 atom stereocenters. The van der Waals surface area contributed by atoms with Crippen molar-refractivity contribution in [2.24, 2.45) is 11.8 Å². The van der Waals surface area contributed by atoms with Gasteiger partial charge in [-0.25, -0.2) is 0 Å². The molecule has 25 heavy (non-hydrogen) atoms. The van der Waals surface area contributed by atoms with E-state index in [2.05, 4.69) is 19.2 Å². The maximum Gasteiger partial charge on any atom is 0.253 e. The molecule has 3 rings (SSSR count). The number of hydrogen-bond donors (Lipinski definition) is 0. The zero-order valence-electron chi connectivity index (χ0n) is 16.0. The van der Waals surface area contributed by atoms with Crippen molar-refractivity contribution in [3.8, 4) is 0 Å². The second-order valence-corrected chi connectivity index (χ2v) is 11.6. The Kier molecular flexibility index (Phi) is 6.89. The highest BCUT2D eigenvalue weighted by atomic mass is 31.2. The van der Waals surface area contributed by atoms with Crippen LogP contribution in [-0.2, 0) is 9.09 Å². The molecule has 0 bridgehead atoms. The Labute approximate surface area is 154 Å². The molecule has 3 saturated carbocycles. The molecule has 0 aliphatic heterocycles. The summed E-state index contributed by atoms with van der Waals surface area (Å²) in [4.78, 5) is 0. The molecule has 0 radical (unpaired) electrons. The normalized spacial score (nSPS) is 29.9. The van der Waals surface area contributed by atoms with Crippen LogP contribution in [0, 0.1) is 11.8 Å². The average molecular weight is 365 g/mol. The van der Waals surface area contributed by atoms with Gasteiger partial charge in [-0.2, -0.15) is 0 Å². The molecule has 3 heteroatoms. The van der Waals surface area contributed by atoms with E-state index in [1.165, 1.54) is 51.4 Å². The van der Waals surface area contributed by atoms with E-state index in [0.29, 0.717) is 23.2 Å². The Morgan fingerprint density at radius 1 is 0.800 bits per heavy atom. The third-order valence-electron chi connectivity index (χ3n) is 6.99. The van der Waals surface area contributed by atoms with Crippen molar-refractivity contribution in [2.75, 3.05) is 0 Å². The molecule has 0 amide bonds. The summed E-state index contributed by atoms with van der Waals surface area (Å²) in [6.07, 6.45) is 18.6. The molecule has 3 aliphatic carbocycles. The van der Waals surface area contributed by atoms with E-state index in [0.717, 1.165) is 44.3 Å². The van der Waals surface area contributed by atoms with Gasteiger partial charge in [0.1, 0.15) is 0 Å². The second kappa shape index (κ2) is 8.94. The van der Waals surface area contributed by atoms with Gasteiger partial charge in [0.05, 0.1) is 5.76 Å². The molecule has 3 aliphatic rings. The van der Waals surface area contributed by atoms with Crippen molar-refractivity contribution in [1.82, 2.24) is 0 Å². The highest BCUT2D eigenvalue weighted by molar-refractivity contribution is 7.60. The Hall–Kier alpha value is -0.490. The summed E-state index contributed by atoms with van der Waals surface area (Å²) < 4.78 is 20.7. The molecule has 0 spiro atoms. The van der Waals surface area contributed by atoms with Gasteiger partial charge >= 0.3 is 0 Å². The summed E-state index contributed by atoms with van der Waals surface area (Å²) in [6, 6.07) is 0. The Morgan fingerprint density at radius 3 is 1.72 bits per heavy atom. The lowest BCUT2D eigenvalue weighted by Gasteiger charge is -2.39. The largest absolute Gasteiger partial charge is 0.447 e. The third-order valence-corrected chi connectivity index (χ3v) is 10.6. The van der Waals surface area contributed by atoms with Crippen molar-refractivity contribution in [3.05, 3.63) is 25.0 Å². The molecule has 0 heterocycles. The predicted octanol–water partition coefficient (Wildman–Crippen LogP) is 7.45. The van der Waals surface area contributed by atoms with Crippen LogP contribution >= 0.6 is 7.37 Å². The van der Waals surface area contributed by atoms with Crippen LogP contribution in [0.4, 0.5) is 0 Å². The fourth-order valence-corrected chi connectivity index (χ4v) is 8.84. The van der Waals surface area contributed by atoms with Gasteiger partial charge in [-0.1, -0.05) is 51.2 Å². The van der Waals surface area contributed by atoms with Crippen LogP contribution in [0.1, 0.15) is 89.9 Å². The SMILES string of the molecule is C=CC1CCC(C(=C)OP(=O)(C2CCCCC2)C2CCCCC2)CC1. The zero-order valence-corrected chi connectivity index (χ0v) is 16.9. The van der Waals surface area contributed by atoms with Gasteiger partial charge in [-0.05, 0) is 57.3 Å². The molecule has 0 saturated heterocycles. The highest BCUT2D eigenvalue weighted by Crippen LogP contribution is 2.65. The van der Waals surface area contributed by atoms with Gasteiger partial charge in [0.2, 0.25) is 0 Å². The summed E-state index contributed by atoms with van der Waals surface area (Å²) >= 11 is 0. The van der Waals surface area contributed by atoms with Gasteiger partial charge in [0, 0.05) is 17.2 Å². The molecule has 0 N–H and O–H groups in total. The van der Waals surface area contributed by atoms with Crippen LogP contribution in [0.15, 0.2) is 25.0 Å². The topological polar surface area (TPSA) is 26.3 Å². The van der Waals surface area contributed by atoms with Crippen molar-refractivity contribution < 1.29 is 9.09 Å². The summed E-state index contributed by atoms with van der Waals surface area (Å²) in [5.74, 6) is 1.89. The van der Waals surface area contributed by atoms with Crippen molar-refractivity contribution in [1.29, 1.82) is 0 Å². The lowest BCUT2D eigenvalue weighted by molar-refractivity contribution is 0.255. The first-order valence-corrected chi connectivity index (χ1v) is 12.5. The fraction of sp³-hybridized carbons (Fsp3) is 0.818. The van der Waals surface area contributed by atoms with Crippen molar-refractivity contribution in [2.45, 2.75) is 101 Å². The monoisotopic (exact) mass is 364 g/mol. The van der Waals surface area contributed by atoms with E-state index in [1.807, 2.05) is 0 Å². The van der Waals surface area contributed by atoms with Gasteiger partial charge in [0.25, 0.3) is 7.37 Å². The quantitative estimate of drug-likeness (QED) is 0.278. The number of allylic oxidation sites excluding steroid dienone is 2. The van der Waals surface area contributed by atoms with E-state index >= 15 is 0 Å². The molecular formula is C22H37O2P. The third kappa shape index (κ3) is 4.62. The van der Waals surface area contributed by atoms with E-state index in [-0.39, 0.29) is 0 Å². The van der Waals surface area contributed by atoms with Crippen LogP contribution in [-0.4, -0.2) is 11.3 Å². The van der Waals surface area contributed by atoms with Crippen molar-refractivity contribution >= 4 is 7.37 Å². The van der Waals surface area contributed by atoms with Gasteiger partial charge < -0.3 is 4.52 Å². The van der Waals surface area contributed by atoms with E-state index in [1.54, 1.807) is 0 Å². The van der Waals surface area contributed by atoms with Gasteiger partial charge in [-0.15, -0.1) is 6.58 Å². The lowest BCUT2D eigenvalue weighted by Crippen LogP contribution is -2.26. The smallest absolute Gasteiger partial charge is 0.253 e. The number of hydrogen-bond acceptors (Lipinski definition) is 2. The van der Waals surface area contributed by atoms with Crippen LogP contribution in [0.5, 0.6) is 0 Å². The second-order valence-electron chi connectivity index (χ2n) is 8.63. The standard InChI is InChI=1S/C22H37O2P/c1-3-19-14-16-20(17-15-19)18(2)24-25(23,21-10-6-4-7-11-21)22-12-8-5-9-13-22/h3,19-22H,1-2,4-17H2. The molecule has 0 aromatic carbocycles. The van der Waals surface area contributed by atoms with Gasteiger partial charge in [0.15, 0.2) is 0 Å². The van der Waals surface area contributed by atoms with E-state index < -0.39 is 7.37 Å². The highest BCUT2D eigenvalue weighted by Gasteiger charge is 2.44. The first kappa shape index (κ1) is 19.3. The molecule has 0 aromatic rings. The molecule has 142 valence electrons. The summed E-state index contributed by atoms with van der Waals surface area (Å²) in [7, 11) is -2.63. The minimum atomic E-state index is -2.63. The maximum atomic E-state index is 14.2. The summed E-state index contributed by atoms with van der Waals surface area (Å²) in [5, 5.41) is 0. The summed E-state index contributed by atoms with van der Waals surface area (Å²) in [5.41, 5.74) is 0.594. The fourth-order valence-electron chi connectivity index (χ4n) is 5.26.